The van der Waals surface area contributed by atoms with Gasteiger partial charge in [-0.3, -0.25) is 0 Å². The molecule has 0 atom stereocenters. The van der Waals surface area contributed by atoms with E-state index in [-0.39, 0.29) is 0 Å². The molecule has 0 saturated carbocycles. The lowest BCUT2D eigenvalue weighted by atomic mass is 10.3. The lowest BCUT2D eigenvalue weighted by molar-refractivity contribution is 0.415. The minimum Gasteiger partial charge on any atom is -0.497 e. The summed E-state index contributed by atoms with van der Waals surface area (Å²) in [6, 6.07) is 15.2. The average Bonchev–Trinajstić information content (AvgIpc) is 2.49. The van der Waals surface area contributed by atoms with Crippen LogP contribution in [0, 0.1) is 0 Å². The second-order valence-corrected chi connectivity index (χ2v) is 3.83. The van der Waals surface area contributed by atoms with Crippen LogP contribution < -0.4 is 14.8 Å². The predicted molar refractivity (Wildman–Crippen MR) is 77.8 cm³/mol. The molecule has 0 fully saturated rings. The van der Waals surface area contributed by atoms with Crippen LogP contribution in [0.3, 0.4) is 0 Å². The first-order valence-electron chi connectivity index (χ1n) is 5.89. The Bertz CT molecular complexity index is 533. The van der Waals surface area contributed by atoms with Gasteiger partial charge < -0.3 is 14.8 Å². The Morgan fingerprint density at radius 3 is 1.89 bits per heavy atom. The molecule has 0 aliphatic carbocycles. The molecule has 4 heteroatoms. The lowest BCUT2D eigenvalue weighted by Crippen LogP contribution is -1.94. The highest BCUT2D eigenvalue weighted by atomic mass is 16.5. The minimum atomic E-state index is 0.821. The normalized spacial score (nSPS) is 10.4. The summed E-state index contributed by atoms with van der Waals surface area (Å²) >= 11 is 0. The maximum atomic E-state index is 5.09. The minimum absolute atomic E-state index is 0.821. The van der Waals surface area contributed by atoms with Gasteiger partial charge in [-0.15, -0.1) is 0 Å². The number of ether oxygens (including phenoxy) is 2. The van der Waals surface area contributed by atoms with Gasteiger partial charge in [-0.05, 0) is 48.5 Å². The Morgan fingerprint density at radius 2 is 1.37 bits per heavy atom. The molecular formula is C15H16N2O2. The van der Waals surface area contributed by atoms with E-state index in [2.05, 4.69) is 10.3 Å². The fourth-order valence-corrected chi connectivity index (χ4v) is 1.54. The van der Waals surface area contributed by atoms with Gasteiger partial charge in [-0.1, -0.05) is 0 Å². The molecule has 4 nitrogen and oxygen atoms in total. The molecule has 2 rings (SSSR count). The molecular weight excluding hydrogens is 240 g/mol. The summed E-state index contributed by atoms with van der Waals surface area (Å²) in [6.45, 7) is 0. The van der Waals surface area contributed by atoms with Crippen molar-refractivity contribution in [1.29, 1.82) is 0 Å². The molecule has 0 spiro atoms. The lowest BCUT2D eigenvalue weighted by Gasteiger charge is -2.02. The molecule has 2 aromatic rings. The zero-order valence-corrected chi connectivity index (χ0v) is 11.0. The quantitative estimate of drug-likeness (QED) is 0.658. The predicted octanol–water partition coefficient (Wildman–Crippen LogP) is 3.48. The standard InChI is InChI=1S/C15H16N2O2/c1-18-14-7-3-12(4-8-14)16-11-17-13-5-9-15(19-2)10-6-13/h3-11H,1-2H3,(H,16,17). The van der Waals surface area contributed by atoms with Gasteiger partial charge in [0.05, 0.1) is 26.2 Å². The van der Waals surface area contributed by atoms with Crippen molar-refractivity contribution in [2.75, 3.05) is 19.5 Å². The highest BCUT2D eigenvalue weighted by molar-refractivity contribution is 5.78. The highest BCUT2D eigenvalue weighted by Gasteiger charge is 1.92. The number of benzene rings is 2. The van der Waals surface area contributed by atoms with Crippen molar-refractivity contribution in [3.8, 4) is 11.5 Å². The molecule has 19 heavy (non-hydrogen) atoms. The Labute approximate surface area is 112 Å². The maximum absolute atomic E-state index is 5.09. The molecule has 98 valence electrons. The van der Waals surface area contributed by atoms with Crippen LogP contribution in [0.15, 0.2) is 53.5 Å². The van der Waals surface area contributed by atoms with Gasteiger partial charge in [0.15, 0.2) is 0 Å². The van der Waals surface area contributed by atoms with Crippen LogP contribution in [-0.2, 0) is 0 Å². The van der Waals surface area contributed by atoms with Crippen LogP contribution in [0.4, 0.5) is 11.4 Å². The van der Waals surface area contributed by atoms with Crippen LogP contribution >= 0.6 is 0 Å². The van der Waals surface area contributed by atoms with Crippen molar-refractivity contribution >= 4 is 17.7 Å². The summed E-state index contributed by atoms with van der Waals surface area (Å²) in [4.78, 5) is 4.30. The van der Waals surface area contributed by atoms with Gasteiger partial charge >= 0.3 is 0 Å². The topological polar surface area (TPSA) is 42.8 Å². The van der Waals surface area contributed by atoms with Crippen LogP contribution in [-0.4, -0.2) is 20.6 Å². The number of anilines is 1. The number of hydrogen-bond acceptors (Lipinski definition) is 3. The zero-order valence-electron chi connectivity index (χ0n) is 11.0. The van der Waals surface area contributed by atoms with E-state index in [9.17, 15) is 0 Å². The van der Waals surface area contributed by atoms with E-state index < -0.39 is 0 Å². The van der Waals surface area contributed by atoms with Gasteiger partial charge in [0.25, 0.3) is 0 Å². The van der Waals surface area contributed by atoms with E-state index >= 15 is 0 Å². The van der Waals surface area contributed by atoms with Crippen LogP contribution in [0.1, 0.15) is 0 Å². The zero-order chi connectivity index (χ0) is 13.5. The molecule has 0 amide bonds. The van der Waals surface area contributed by atoms with Crippen molar-refractivity contribution in [2.24, 2.45) is 4.99 Å². The molecule has 0 radical (unpaired) electrons. The van der Waals surface area contributed by atoms with Crippen LogP contribution in [0.5, 0.6) is 11.5 Å². The number of nitrogens with one attached hydrogen (secondary N) is 1. The van der Waals surface area contributed by atoms with E-state index in [1.54, 1.807) is 20.6 Å². The number of rotatable bonds is 5. The summed E-state index contributed by atoms with van der Waals surface area (Å²) in [5.74, 6) is 1.65. The Balaban J connectivity index is 1.94. The van der Waals surface area contributed by atoms with Gasteiger partial charge in [-0.2, -0.15) is 0 Å². The molecule has 0 aromatic heterocycles. The van der Waals surface area contributed by atoms with Crippen molar-refractivity contribution in [3.63, 3.8) is 0 Å². The van der Waals surface area contributed by atoms with Gasteiger partial charge in [0.2, 0.25) is 0 Å². The molecule has 2 aromatic carbocycles. The largest absolute Gasteiger partial charge is 0.497 e. The summed E-state index contributed by atoms with van der Waals surface area (Å²) in [7, 11) is 3.29. The molecule has 1 N–H and O–H groups in total. The third-order valence-corrected chi connectivity index (χ3v) is 2.61. The Morgan fingerprint density at radius 1 is 0.842 bits per heavy atom. The fraction of sp³-hybridized carbons (Fsp3) is 0.133. The second-order valence-electron chi connectivity index (χ2n) is 3.83. The molecule has 0 unspecified atom stereocenters. The first-order valence-corrected chi connectivity index (χ1v) is 5.89. The summed E-state index contributed by atoms with van der Waals surface area (Å²) in [5, 5.41) is 3.09. The van der Waals surface area contributed by atoms with Gasteiger partial charge in [0, 0.05) is 5.69 Å². The fourth-order valence-electron chi connectivity index (χ4n) is 1.54. The maximum Gasteiger partial charge on any atom is 0.119 e. The molecule has 0 bridgehead atoms. The van der Waals surface area contributed by atoms with Crippen molar-refractivity contribution < 1.29 is 9.47 Å². The van der Waals surface area contributed by atoms with Crippen molar-refractivity contribution in [3.05, 3.63) is 48.5 Å². The van der Waals surface area contributed by atoms with E-state index in [0.29, 0.717) is 0 Å². The molecule has 0 aliphatic heterocycles. The Hall–Kier alpha value is -2.49. The SMILES string of the molecule is COc1ccc(N=CNc2ccc(OC)cc2)cc1. The first-order chi connectivity index (χ1) is 9.31. The third kappa shape index (κ3) is 3.74. The number of aliphatic imine (C=N–C) groups is 1. The van der Waals surface area contributed by atoms with Crippen molar-refractivity contribution in [1.82, 2.24) is 0 Å². The third-order valence-electron chi connectivity index (χ3n) is 2.61. The highest BCUT2D eigenvalue weighted by Crippen LogP contribution is 2.17. The van der Waals surface area contributed by atoms with Crippen molar-refractivity contribution in [2.45, 2.75) is 0 Å². The van der Waals surface area contributed by atoms with Gasteiger partial charge in [-0.25, -0.2) is 4.99 Å². The molecule has 0 heterocycles. The average molecular weight is 256 g/mol. The number of nitrogens with zero attached hydrogens (tertiary/aromatic N) is 1. The molecule has 0 saturated heterocycles. The van der Waals surface area contributed by atoms with E-state index in [1.165, 1.54) is 0 Å². The number of methoxy groups -OCH3 is 2. The summed E-state index contributed by atoms with van der Waals surface area (Å²) in [6.07, 6.45) is 1.66. The first kappa shape index (κ1) is 13.0. The van der Waals surface area contributed by atoms with Crippen LogP contribution in [0.25, 0.3) is 0 Å². The van der Waals surface area contributed by atoms with E-state index in [0.717, 1.165) is 22.9 Å². The van der Waals surface area contributed by atoms with E-state index in [1.807, 2.05) is 48.5 Å². The smallest absolute Gasteiger partial charge is 0.119 e. The summed E-state index contributed by atoms with van der Waals surface area (Å²) in [5.41, 5.74) is 1.82. The Kier molecular flexibility index (Phi) is 4.39. The van der Waals surface area contributed by atoms with Crippen LogP contribution in [0.2, 0.25) is 0 Å². The monoisotopic (exact) mass is 256 g/mol. The number of hydrogen-bond donors (Lipinski definition) is 1. The van der Waals surface area contributed by atoms with E-state index in [4.69, 9.17) is 9.47 Å². The summed E-state index contributed by atoms with van der Waals surface area (Å²) < 4.78 is 10.2. The van der Waals surface area contributed by atoms with Gasteiger partial charge in [0.1, 0.15) is 11.5 Å². The molecule has 0 aliphatic rings. The second kappa shape index (κ2) is 6.44.